The van der Waals surface area contributed by atoms with Gasteiger partial charge in [-0.3, -0.25) is 4.79 Å². The van der Waals surface area contributed by atoms with Crippen molar-refractivity contribution in [3.05, 3.63) is 65.8 Å². The number of hydrogen-bond donors (Lipinski definition) is 0. The molecular weight excluding hydrogens is 469 g/mol. The zero-order valence-corrected chi connectivity index (χ0v) is 17.5. The molecule has 26 heavy (non-hydrogen) atoms. The van der Waals surface area contributed by atoms with Gasteiger partial charge in [0.1, 0.15) is 5.56 Å². The van der Waals surface area contributed by atoms with E-state index in [0.717, 1.165) is 9.13 Å². The molecule has 0 bridgehead atoms. The predicted octanol–water partition coefficient (Wildman–Crippen LogP) is 4.47. The third-order valence-corrected chi connectivity index (χ3v) is 5.29. The summed E-state index contributed by atoms with van der Waals surface area (Å²) in [6.07, 6.45) is 1.79. The van der Waals surface area contributed by atoms with Crippen LogP contribution in [-0.4, -0.2) is 17.1 Å². The molecule has 0 aliphatic heterocycles. The number of hydrogen-bond acceptors (Lipinski definition) is 4. The molecule has 0 aliphatic rings. The van der Waals surface area contributed by atoms with Gasteiger partial charge in [0, 0.05) is 33.3 Å². The Morgan fingerprint density at radius 2 is 2.12 bits per heavy atom. The summed E-state index contributed by atoms with van der Waals surface area (Å²) in [6, 6.07) is 5.66. The number of furan rings is 1. The highest BCUT2D eigenvalue weighted by atomic mass is 127. The van der Waals surface area contributed by atoms with E-state index in [-0.39, 0.29) is 23.3 Å². The molecule has 7 heteroatoms. The minimum atomic E-state index is -0.515. The monoisotopic (exact) mass is 485 g/mol. The summed E-state index contributed by atoms with van der Waals surface area (Å²) >= 11 is 8.53. The molecule has 0 radical (unpaired) electrons. The quantitative estimate of drug-likeness (QED) is 0.404. The number of carbonyl (C=O) groups is 1. The van der Waals surface area contributed by atoms with Gasteiger partial charge in [-0.1, -0.05) is 17.7 Å². The lowest BCUT2D eigenvalue weighted by Crippen LogP contribution is -2.25. The molecule has 0 unspecified atom stereocenters. The van der Waals surface area contributed by atoms with Crippen molar-refractivity contribution in [3.8, 4) is 0 Å². The van der Waals surface area contributed by atoms with Crippen LogP contribution >= 0.6 is 34.2 Å². The van der Waals surface area contributed by atoms with E-state index >= 15 is 0 Å². The molecule has 0 atom stereocenters. The summed E-state index contributed by atoms with van der Waals surface area (Å²) in [5.41, 5.74) is 2.34. The molecule has 0 saturated heterocycles. The second-order valence-electron chi connectivity index (χ2n) is 5.94. The van der Waals surface area contributed by atoms with Gasteiger partial charge in [0.25, 0.3) is 5.56 Å². The fourth-order valence-corrected chi connectivity index (χ4v) is 3.87. The Balaban J connectivity index is 2.29. The van der Waals surface area contributed by atoms with Crippen molar-refractivity contribution in [2.45, 2.75) is 20.3 Å². The highest BCUT2D eigenvalue weighted by Crippen LogP contribution is 2.28. The second-order valence-corrected chi connectivity index (χ2v) is 7.59. The van der Waals surface area contributed by atoms with Crippen LogP contribution in [0.15, 0.2) is 33.7 Å². The van der Waals surface area contributed by atoms with Gasteiger partial charge in [-0.05, 0) is 54.1 Å². The molecule has 5 nitrogen and oxygen atoms in total. The van der Waals surface area contributed by atoms with Crippen LogP contribution in [0, 0.1) is 10.5 Å². The maximum absolute atomic E-state index is 12.8. The SMILES string of the molecule is CCOC(=O)c1c(Cc2ccc(I)cc2Cl)n(C)c(=O)c2c(C)coc12. The van der Waals surface area contributed by atoms with E-state index in [0.29, 0.717) is 28.1 Å². The van der Waals surface area contributed by atoms with Crippen LogP contribution in [0.25, 0.3) is 11.0 Å². The molecule has 0 fully saturated rings. The van der Waals surface area contributed by atoms with Crippen molar-refractivity contribution < 1.29 is 13.9 Å². The van der Waals surface area contributed by atoms with Crippen LogP contribution in [0.5, 0.6) is 0 Å². The summed E-state index contributed by atoms with van der Waals surface area (Å²) in [5.74, 6) is -0.515. The van der Waals surface area contributed by atoms with Gasteiger partial charge in [-0.2, -0.15) is 0 Å². The van der Waals surface area contributed by atoms with Gasteiger partial charge < -0.3 is 13.7 Å². The van der Waals surface area contributed by atoms with Gasteiger partial charge in [-0.25, -0.2) is 4.79 Å². The molecule has 3 rings (SSSR count). The van der Waals surface area contributed by atoms with Crippen LogP contribution < -0.4 is 5.56 Å². The topological polar surface area (TPSA) is 61.4 Å². The number of carbonyl (C=O) groups excluding carboxylic acids is 1. The number of esters is 1. The van der Waals surface area contributed by atoms with Crippen molar-refractivity contribution in [1.82, 2.24) is 4.57 Å². The summed E-state index contributed by atoms with van der Waals surface area (Å²) < 4.78 is 13.3. The van der Waals surface area contributed by atoms with Crippen LogP contribution in [0.4, 0.5) is 0 Å². The van der Waals surface area contributed by atoms with E-state index in [1.165, 1.54) is 10.8 Å². The minimum absolute atomic E-state index is 0.212. The summed E-state index contributed by atoms with van der Waals surface area (Å²) in [4.78, 5) is 25.5. The average molecular weight is 486 g/mol. The van der Waals surface area contributed by atoms with Crippen molar-refractivity contribution in [1.29, 1.82) is 0 Å². The highest BCUT2D eigenvalue weighted by molar-refractivity contribution is 14.1. The summed E-state index contributed by atoms with van der Waals surface area (Å²) in [6.45, 7) is 3.74. The van der Waals surface area contributed by atoms with E-state index in [2.05, 4.69) is 22.6 Å². The Morgan fingerprint density at radius 1 is 1.38 bits per heavy atom. The number of benzene rings is 1. The fourth-order valence-electron chi connectivity index (χ4n) is 2.95. The third kappa shape index (κ3) is 3.27. The van der Waals surface area contributed by atoms with Crippen LogP contribution in [0.3, 0.4) is 0 Å². The maximum Gasteiger partial charge on any atom is 0.343 e. The normalized spacial score (nSPS) is 11.1. The van der Waals surface area contributed by atoms with Gasteiger partial charge in [0.05, 0.1) is 18.3 Å². The lowest BCUT2D eigenvalue weighted by molar-refractivity contribution is 0.0525. The van der Waals surface area contributed by atoms with Crippen molar-refractivity contribution >= 4 is 51.1 Å². The first kappa shape index (κ1) is 19.0. The van der Waals surface area contributed by atoms with Crippen molar-refractivity contribution in [2.24, 2.45) is 7.05 Å². The van der Waals surface area contributed by atoms with E-state index in [1.54, 1.807) is 20.9 Å². The van der Waals surface area contributed by atoms with Gasteiger partial charge in [0.15, 0.2) is 5.58 Å². The molecular formula is C19H17ClINO4. The third-order valence-electron chi connectivity index (χ3n) is 4.27. The maximum atomic E-state index is 12.8. The first-order chi connectivity index (χ1) is 12.3. The Bertz CT molecular complexity index is 1070. The molecule has 136 valence electrons. The standard InChI is InChI=1S/C19H17ClINO4/c1-4-25-19(24)16-14(7-11-5-6-12(21)8-13(11)20)22(3)18(23)15-10(2)9-26-17(15)16/h5-6,8-9H,4,7H2,1-3H3. The number of ether oxygens (including phenoxy) is 1. The molecule has 0 saturated carbocycles. The lowest BCUT2D eigenvalue weighted by atomic mass is 10.0. The zero-order valence-electron chi connectivity index (χ0n) is 14.6. The van der Waals surface area contributed by atoms with Crippen molar-refractivity contribution in [3.63, 3.8) is 0 Å². The molecule has 1 aromatic carbocycles. The number of aromatic nitrogens is 1. The summed E-state index contributed by atoms with van der Waals surface area (Å²) in [5, 5.41) is 0.975. The number of aryl methyl sites for hydroxylation is 1. The molecule has 0 aliphatic carbocycles. The largest absolute Gasteiger partial charge is 0.463 e. The second kappa shape index (κ2) is 7.44. The van der Waals surface area contributed by atoms with E-state index in [9.17, 15) is 9.59 Å². The molecule has 3 aromatic rings. The molecule has 0 amide bonds. The van der Waals surface area contributed by atoms with Crippen LogP contribution in [-0.2, 0) is 18.2 Å². The Morgan fingerprint density at radius 3 is 2.77 bits per heavy atom. The molecule has 2 aromatic heterocycles. The van der Waals surface area contributed by atoms with Gasteiger partial charge in [0.2, 0.25) is 0 Å². The highest BCUT2D eigenvalue weighted by Gasteiger charge is 2.25. The first-order valence-corrected chi connectivity index (χ1v) is 9.51. The molecule has 2 heterocycles. The van der Waals surface area contributed by atoms with E-state index in [4.69, 9.17) is 20.8 Å². The Kier molecular flexibility index (Phi) is 5.43. The van der Waals surface area contributed by atoms with Gasteiger partial charge in [-0.15, -0.1) is 0 Å². The van der Waals surface area contributed by atoms with Crippen molar-refractivity contribution in [2.75, 3.05) is 6.61 Å². The van der Waals surface area contributed by atoms with E-state index < -0.39 is 5.97 Å². The number of nitrogens with zero attached hydrogens (tertiary/aromatic N) is 1. The number of halogens is 2. The Labute approximate surface area is 169 Å². The van der Waals surface area contributed by atoms with Gasteiger partial charge >= 0.3 is 5.97 Å². The summed E-state index contributed by atoms with van der Waals surface area (Å²) in [7, 11) is 1.65. The zero-order chi connectivity index (χ0) is 19.0. The molecule has 0 N–H and O–H groups in total. The number of fused-ring (bicyclic) bond motifs is 1. The number of pyridine rings is 1. The fraction of sp³-hybridized carbons (Fsp3) is 0.263. The predicted molar refractivity (Wildman–Crippen MR) is 109 cm³/mol. The minimum Gasteiger partial charge on any atom is -0.463 e. The average Bonchev–Trinajstić information content (AvgIpc) is 2.96. The smallest absolute Gasteiger partial charge is 0.343 e. The lowest BCUT2D eigenvalue weighted by Gasteiger charge is -2.15. The number of rotatable bonds is 4. The first-order valence-electron chi connectivity index (χ1n) is 8.05. The Hall–Kier alpha value is -1.80. The molecule has 0 spiro atoms. The van der Waals surface area contributed by atoms with Crippen LogP contribution in [0.2, 0.25) is 5.02 Å². The van der Waals surface area contributed by atoms with Crippen LogP contribution in [0.1, 0.15) is 34.1 Å². The van der Waals surface area contributed by atoms with E-state index in [1.807, 2.05) is 18.2 Å².